The standard InChI is InChI=1S/C16H27NO4S.2CH4/c1-22-13-9-7-5-3-2-4-6-8-10-16(20)21-17-14(18)11-12-15(17)19;;/h2-13H2,1H3;2*1H4. The highest BCUT2D eigenvalue weighted by Crippen LogP contribution is 2.14. The number of carbonyl (C=O) groups excluding carboxylic acids is 3. The van der Waals surface area contributed by atoms with E-state index >= 15 is 0 Å². The van der Waals surface area contributed by atoms with Crippen molar-refractivity contribution in [3.05, 3.63) is 0 Å². The summed E-state index contributed by atoms with van der Waals surface area (Å²) in [5, 5.41) is 0.622. The van der Waals surface area contributed by atoms with Gasteiger partial charge in [0, 0.05) is 19.3 Å². The zero-order valence-electron chi connectivity index (χ0n) is 13.5. The number of thioether (sulfide) groups is 1. The Morgan fingerprint density at radius 1 is 0.917 bits per heavy atom. The first kappa shape index (κ1) is 25.2. The highest BCUT2D eigenvalue weighted by molar-refractivity contribution is 7.98. The number of hydrogen-bond donors (Lipinski definition) is 0. The second-order valence-electron chi connectivity index (χ2n) is 5.62. The summed E-state index contributed by atoms with van der Waals surface area (Å²) in [4.78, 5) is 38.9. The molecule has 2 amide bonds. The van der Waals surface area contributed by atoms with Gasteiger partial charge >= 0.3 is 5.97 Å². The molecule has 1 fully saturated rings. The Hall–Kier alpha value is -1.04. The lowest BCUT2D eigenvalue weighted by Gasteiger charge is -2.12. The molecule has 0 aromatic carbocycles. The van der Waals surface area contributed by atoms with Crippen LogP contribution >= 0.6 is 11.8 Å². The van der Waals surface area contributed by atoms with Gasteiger partial charge in [0.15, 0.2) is 0 Å². The van der Waals surface area contributed by atoms with Crippen LogP contribution in [0.15, 0.2) is 0 Å². The van der Waals surface area contributed by atoms with Crippen molar-refractivity contribution in [2.75, 3.05) is 12.0 Å². The van der Waals surface area contributed by atoms with Crippen molar-refractivity contribution in [1.29, 1.82) is 0 Å². The zero-order valence-corrected chi connectivity index (χ0v) is 14.3. The predicted octanol–water partition coefficient (Wildman–Crippen LogP) is 4.74. The van der Waals surface area contributed by atoms with E-state index in [2.05, 4.69) is 6.26 Å². The molecule has 0 aromatic rings. The third-order valence-corrected chi connectivity index (χ3v) is 4.38. The van der Waals surface area contributed by atoms with Crippen molar-refractivity contribution in [2.24, 2.45) is 0 Å². The summed E-state index contributed by atoms with van der Waals surface area (Å²) >= 11 is 1.90. The van der Waals surface area contributed by atoms with Gasteiger partial charge in [0.2, 0.25) is 0 Å². The number of carbonyl (C=O) groups is 3. The molecule has 1 aliphatic rings. The number of amides is 2. The van der Waals surface area contributed by atoms with E-state index in [-0.39, 0.29) is 34.1 Å². The summed E-state index contributed by atoms with van der Waals surface area (Å²) in [5.41, 5.74) is 0. The van der Waals surface area contributed by atoms with Crippen molar-refractivity contribution in [3.63, 3.8) is 0 Å². The van der Waals surface area contributed by atoms with Crippen molar-refractivity contribution in [2.45, 2.75) is 85.5 Å². The lowest BCUT2D eigenvalue weighted by atomic mass is 10.1. The maximum Gasteiger partial charge on any atom is 0.333 e. The zero-order chi connectivity index (χ0) is 16.2. The Balaban J connectivity index is 0. The normalized spacial score (nSPS) is 13.5. The molecule has 0 bridgehead atoms. The van der Waals surface area contributed by atoms with E-state index in [0.717, 1.165) is 19.3 Å². The summed E-state index contributed by atoms with van der Waals surface area (Å²) in [5.74, 6) is -0.0651. The van der Waals surface area contributed by atoms with E-state index < -0.39 is 17.8 Å². The van der Waals surface area contributed by atoms with Crippen LogP contribution < -0.4 is 0 Å². The van der Waals surface area contributed by atoms with Gasteiger partial charge in [-0.15, -0.1) is 5.06 Å². The van der Waals surface area contributed by atoms with Gasteiger partial charge < -0.3 is 4.84 Å². The van der Waals surface area contributed by atoms with Crippen LogP contribution in [-0.2, 0) is 19.2 Å². The van der Waals surface area contributed by atoms with Crippen LogP contribution in [0.25, 0.3) is 0 Å². The molecular weight excluding hydrogens is 326 g/mol. The Labute approximate surface area is 151 Å². The first-order valence-electron chi connectivity index (χ1n) is 8.20. The highest BCUT2D eigenvalue weighted by Gasteiger charge is 2.32. The van der Waals surface area contributed by atoms with Crippen LogP contribution in [0.2, 0.25) is 0 Å². The number of unbranched alkanes of at least 4 members (excludes halogenated alkanes) is 7. The van der Waals surface area contributed by atoms with Gasteiger partial charge in [-0.25, -0.2) is 4.79 Å². The molecule has 1 heterocycles. The van der Waals surface area contributed by atoms with Gasteiger partial charge in [-0.05, 0) is 24.9 Å². The van der Waals surface area contributed by atoms with Gasteiger partial charge in [0.1, 0.15) is 0 Å². The van der Waals surface area contributed by atoms with Gasteiger partial charge in [0.05, 0.1) is 0 Å². The Kier molecular flexibility index (Phi) is 16.3. The second kappa shape index (κ2) is 15.5. The minimum Gasteiger partial charge on any atom is -0.330 e. The number of hydrogen-bond acceptors (Lipinski definition) is 5. The summed E-state index contributed by atoms with van der Waals surface area (Å²) in [6.07, 6.45) is 11.9. The molecular formula is C18H35NO4S. The molecule has 142 valence electrons. The van der Waals surface area contributed by atoms with Crippen molar-refractivity contribution in [1.82, 2.24) is 5.06 Å². The monoisotopic (exact) mass is 361 g/mol. The van der Waals surface area contributed by atoms with E-state index in [4.69, 9.17) is 4.84 Å². The molecule has 0 N–H and O–H groups in total. The predicted molar refractivity (Wildman–Crippen MR) is 101 cm³/mol. The molecule has 1 aliphatic heterocycles. The number of imide groups is 1. The average Bonchev–Trinajstić information content (AvgIpc) is 2.81. The molecule has 0 radical (unpaired) electrons. The minimum atomic E-state index is -0.485. The molecule has 5 nitrogen and oxygen atoms in total. The molecule has 0 unspecified atom stereocenters. The first-order valence-corrected chi connectivity index (χ1v) is 9.60. The Bertz CT molecular complexity index is 358. The van der Waals surface area contributed by atoms with Crippen molar-refractivity contribution >= 4 is 29.5 Å². The van der Waals surface area contributed by atoms with Crippen LogP contribution in [0.4, 0.5) is 0 Å². The molecule has 1 rings (SSSR count). The summed E-state index contributed by atoms with van der Waals surface area (Å²) in [6, 6.07) is 0. The lowest BCUT2D eigenvalue weighted by molar-refractivity contribution is -0.197. The number of nitrogens with zero attached hydrogens (tertiary/aromatic N) is 1. The fourth-order valence-electron chi connectivity index (χ4n) is 2.38. The van der Waals surface area contributed by atoms with Gasteiger partial charge in [-0.3, -0.25) is 9.59 Å². The van der Waals surface area contributed by atoms with Crippen LogP contribution in [0.3, 0.4) is 0 Å². The maximum atomic E-state index is 11.6. The van der Waals surface area contributed by atoms with Crippen molar-refractivity contribution < 1.29 is 19.2 Å². The summed E-state index contributed by atoms with van der Waals surface area (Å²) in [7, 11) is 0. The highest BCUT2D eigenvalue weighted by atomic mass is 32.2. The van der Waals surface area contributed by atoms with E-state index in [1.807, 2.05) is 11.8 Å². The SMILES string of the molecule is C.C.CSCCCCCCCCCCC(=O)ON1C(=O)CCC1=O. The lowest BCUT2D eigenvalue weighted by Crippen LogP contribution is -2.31. The second-order valence-corrected chi connectivity index (χ2v) is 6.60. The molecule has 0 aliphatic carbocycles. The third kappa shape index (κ3) is 10.7. The quantitative estimate of drug-likeness (QED) is 0.371. The largest absolute Gasteiger partial charge is 0.333 e. The third-order valence-electron chi connectivity index (χ3n) is 3.68. The number of hydroxylamine groups is 2. The number of rotatable bonds is 12. The van der Waals surface area contributed by atoms with Crippen molar-refractivity contribution in [3.8, 4) is 0 Å². The van der Waals surface area contributed by atoms with E-state index in [1.165, 1.54) is 37.9 Å². The topological polar surface area (TPSA) is 63.7 Å². The minimum absolute atomic E-state index is 0. The molecule has 24 heavy (non-hydrogen) atoms. The summed E-state index contributed by atoms with van der Waals surface area (Å²) < 4.78 is 0. The van der Waals surface area contributed by atoms with E-state index in [0.29, 0.717) is 5.06 Å². The van der Waals surface area contributed by atoms with Crippen LogP contribution in [0, 0.1) is 0 Å². The first-order chi connectivity index (χ1) is 10.6. The van der Waals surface area contributed by atoms with Gasteiger partial charge in [-0.1, -0.05) is 53.4 Å². The fraction of sp³-hybridized carbons (Fsp3) is 0.833. The van der Waals surface area contributed by atoms with E-state index in [9.17, 15) is 14.4 Å². The molecule has 0 spiro atoms. The molecule has 0 aromatic heterocycles. The molecule has 1 saturated heterocycles. The molecule has 0 atom stereocenters. The van der Waals surface area contributed by atoms with Gasteiger partial charge in [-0.2, -0.15) is 11.8 Å². The summed E-state index contributed by atoms with van der Waals surface area (Å²) in [6.45, 7) is 0. The van der Waals surface area contributed by atoms with E-state index in [1.54, 1.807) is 0 Å². The smallest absolute Gasteiger partial charge is 0.330 e. The molecule has 6 heteroatoms. The van der Waals surface area contributed by atoms with Crippen LogP contribution in [0.5, 0.6) is 0 Å². The fourth-order valence-corrected chi connectivity index (χ4v) is 2.87. The average molecular weight is 362 g/mol. The Morgan fingerprint density at radius 2 is 1.38 bits per heavy atom. The Morgan fingerprint density at radius 3 is 1.88 bits per heavy atom. The van der Waals surface area contributed by atoms with Gasteiger partial charge in [0.25, 0.3) is 11.8 Å². The molecule has 0 saturated carbocycles. The van der Waals surface area contributed by atoms with Crippen LogP contribution in [-0.4, -0.2) is 34.9 Å². The maximum absolute atomic E-state index is 11.6. The van der Waals surface area contributed by atoms with Crippen LogP contribution in [0.1, 0.15) is 85.5 Å².